The largest absolute Gasteiger partial charge is 0.444 e. The Labute approximate surface area is 107 Å². The second-order valence-corrected chi connectivity index (χ2v) is 4.59. The molecule has 0 saturated carbocycles. The van der Waals surface area contributed by atoms with Crippen molar-refractivity contribution in [3.05, 3.63) is 21.6 Å². The normalized spacial score (nSPS) is 10.9. The van der Waals surface area contributed by atoms with Gasteiger partial charge in [0.25, 0.3) is 0 Å². The third-order valence-electron chi connectivity index (χ3n) is 1.56. The second kappa shape index (κ2) is 5.13. The molecule has 9 heteroatoms. The molecule has 98 valence electrons. The van der Waals surface area contributed by atoms with Crippen molar-refractivity contribution in [1.82, 2.24) is 9.97 Å². The number of hydrogen-bond acceptors (Lipinski definition) is 6. The first-order valence-corrected chi connectivity index (χ1v) is 5.24. The van der Waals surface area contributed by atoms with E-state index in [1.807, 2.05) is 0 Å². The number of nitrogens with one attached hydrogen (secondary N) is 1. The number of amides is 1. The molecule has 8 nitrogen and oxygen atoms in total. The summed E-state index contributed by atoms with van der Waals surface area (Å²) in [6, 6.07) is 0. The molecule has 0 aliphatic heterocycles. The summed E-state index contributed by atoms with van der Waals surface area (Å²) >= 11 is 5.50. The van der Waals surface area contributed by atoms with Gasteiger partial charge in [-0.2, -0.15) is 4.98 Å². The lowest BCUT2D eigenvalue weighted by Crippen LogP contribution is -2.27. The van der Waals surface area contributed by atoms with Crippen molar-refractivity contribution in [1.29, 1.82) is 0 Å². The number of nitro groups is 1. The summed E-state index contributed by atoms with van der Waals surface area (Å²) in [5.74, 6) is -0.311. The number of rotatable bonds is 2. The Bertz CT molecular complexity index is 486. The highest BCUT2D eigenvalue weighted by atomic mass is 35.5. The van der Waals surface area contributed by atoms with Crippen molar-refractivity contribution in [3.8, 4) is 0 Å². The minimum absolute atomic E-state index is 0.216. The van der Waals surface area contributed by atoms with Crippen LogP contribution in [-0.2, 0) is 4.74 Å². The number of ether oxygens (including phenoxy) is 1. The Balaban J connectivity index is 2.93. The van der Waals surface area contributed by atoms with Crippen LogP contribution in [0.2, 0.25) is 5.28 Å². The molecule has 0 atom stereocenters. The zero-order valence-corrected chi connectivity index (χ0v) is 10.7. The van der Waals surface area contributed by atoms with Gasteiger partial charge in [-0.15, -0.1) is 0 Å². The van der Waals surface area contributed by atoms with Gasteiger partial charge in [-0.1, -0.05) is 0 Å². The second-order valence-electron chi connectivity index (χ2n) is 4.26. The lowest BCUT2D eigenvalue weighted by atomic mass is 10.2. The minimum Gasteiger partial charge on any atom is -0.444 e. The van der Waals surface area contributed by atoms with Crippen molar-refractivity contribution in [2.75, 3.05) is 5.32 Å². The van der Waals surface area contributed by atoms with E-state index >= 15 is 0 Å². The van der Waals surface area contributed by atoms with E-state index in [0.717, 1.165) is 6.20 Å². The molecule has 0 unspecified atom stereocenters. The third kappa shape index (κ3) is 4.13. The van der Waals surface area contributed by atoms with Crippen LogP contribution in [0.4, 0.5) is 16.3 Å². The molecule has 0 fully saturated rings. The van der Waals surface area contributed by atoms with Gasteiger partial charge in [-0.05, 0) is 32.4 Å². The van der Waals surface area contributed by atoms with Crippen LogP contribution in [-0.4, -0.2) is 26.6 Å². The Morgan fingerprint density at radius 2 is 2.17 bits per heavy atom. The first-order chi connectivity index (χ1) is 8.19. The smallest absolute Gasteiger partial charge is 0.413 e. The molecule has 0 spiro atoms. The fourth-order valence-electron chi connectivity index (χ4n) is 0.980. The molecule has 1 aromatic heterocycles. The van der Waals surface area contributed by atoms with E-state index in [9.17, 15) is 14.9 Å². The van der Waals surface area contributed by atoms with Gasteiger partial charge in [0.2, 0.25) is 11.1 Å². The Morgan fingerprint density at radius 3 is 2.67 bits per heavy atom. The van der Waals surface area contributed by atoms with E-state index in [1.54, 1.807) is 20.8 Å². The van der Waals surface area contributed by atoms with Gasteiger partial charge in [0.15, 0.2) is 0 Å². The third-order valence-corrected chi connectivity index (χ3v) is 1.74. The lowest BCUT2D eigenvalue weighted by Gasteiger charge is -2.19. The Morgan fingerprint density at radius 1 is 1.56 bits per heavy atom. The summed E-state index contributed by atoms with van der Waals surface area (Å²) < 4.78 is 4.94. The first-order valence-electron chi connectivity index (χ1n) is 4.86. The maximum atomic E-state index is 11.5. The average molecular weight is 275 g/mol. The summed E-state index contributed by atoms with van der Waals surface area (Å²) in [5.41, 5.74) is -1.19. The molecule has 1 rings (SSSR count). The van der Waals surface area contributed by atoms with Crippen LogP contribution in [0.3, 0.4) is 0 Å². The van der Waals surface area contributed by atoms with Gasteiger partial charge in [0.1, 0.15) is 11.8 Å². The van der Waals surface area contributed by atoms with Crippen LogP contribution in [0.5, 0.6) is 0 Å². The minimum atomic E-state index is -0.861. The number of aromatic nitrogens is 2. The number of anilines is 1. The maximum absolute atomic E-state index is 11.5. The molecule has 0 aliphatic carbocycles. The van der Waals surface area contributed by atoms with Gasteiger partial charge in [0.05, 0.1) is 4.92 Å². The summed E-state index contributed by atoms with van der Waals surface area (Å²) in [6.45, 7) is 4.98. The Hall–Kier alpha value is -1.96. The molecule has 0 aliphatic rings. The van der Waals surface area contributed by atoms with E-state index < -0.39 is 22.3 Å². The van der Waals surface area contributed by atoms with Crippen molar-refractivity contribution in [3.63, 3.8) is 0 Å². The van der Waals surface area contributed by atoms with Crippen molar-refractivity contribution in [2.45, 2.75) is 26.4 Å². The summed E-state index contributed by atoms with van der Waals surface area (Å²) in [7, 11) is 0. The van der Waals surface area contributed by atoms with Crippen LogP contribution in [0.1, 0.15) is 20.8 Å². The number of halogens is 1. The highest BCUT2D eigenvalue weighted by molar-refractivity contribution is 6.28. The topological polar surface area (TPSA) is 107 Å². The van der Waals surface area contributed by atoms with Crippen molar-refractivity contribution in [2.24, 2.45) is 0 Å². The van der Waals surface area contributed by atoms with E-state index in [0.29, 0.717) is 0 Å². The molecule has 0 aromatic carbocycles. The molecular weight excluding hydrogens is 264 g/mol. The van der Waals surface area contributed by atoms with E-state index in [2.05, 4.69) is 15.3 Å². The van der Waals surface area contributed by atoms with Crippen LogP contribution in [0, 0.1) is 10.1 Å². The molecule has 0 bridgehead atoms. The Kier molecular flexibility index (Phi) is 4.02. The van der Waals surface area contributed by atoms with Gasteiger partial charge in [-0.3, -0.25) is 15.4 Å². The molecule has 1 amide bonds. The molecule has 1 N–H and O–H groups in total. The predicted molar refractivity (Wildman–Crippen MR) is 63.6 cm³/mol. The highest BCUT2D eigenvalue weighted by Crippen LogP contribution is 2.22. The molecule has 18 heavy (non-hydrogen) atoms. The monoisotopic (exact) mass is 274 g/mol. The van der Waals surface area contributed by atoms with Gasteiger partial charge >= 0.3 is 11.8 Å². The lowest BCUT2D eigenvalue weighted by molar-refractivity contribution is -0.384. The van der Waals surface area contributed by atoms with Crippen molar-refractivity contribution >= 4 is 29.2 Å². The van der Waals surface area contributed by atoms with Crippen LogP contribution < -0.4 is 5.32 Å². The molecule has 1 heterocycles. The number of carbonyl (C=O) groups is 1. The summed E-state index contributed by atoms with van der Waals surface area (Å²) in [6.07, 6.45) is 0.0440. The van der Waals surface area contributed by atoms with Gasteiger partial charge < -0.3 is 4.74 Å². The van der Waals surface area contributed by atoms with Gasteiger partial charge in [-0.25, -0.2) is 9.78 Å². The van der Waals surface area contributed by atoms with Crippen LogP contribution in [0.15, 0.2) is 6.20 Å². The standard InChI is InChI=1S/C9H11ClN4O4/c1-9(2,3)18-8(15)13-6-5(14(16)17)4-11-7(10)12-6/h4H,1-3H3,(H,11,12,13,15). The summed E-state index contributed by atoms with van der Waals surface area (Å²) in [4.78, 5) is 28.4. The predicted octanol–water partition coefficient (Wildman–Crippen LogP) is 2.39. The highest BCUT2D eigenvalue weighted by Gasteiger charge is 2.22. The number of hydrogen-bond donors (Lipinski definition) is 1. The van der Waals surface area contributed by atoms with Crippen LogP contribution in [0.25, 0.3) is 0 Å². The zero-order valence-electron chi connectivity index (χ0n) is 9.93. The number of nitrogens with zero attached hydrogens (tertiary/aromatic N) is 3. The SMILES string of the molecule is CC(C)(C)OC(=O)Nc1nc(Cl)ncc1[N+](=O)[O-]. The number of carbonyl (C=O) groups excluding carboxylic acids is 1. The maximum Gasteiger partial charge on any atom is 0.413 e. The fraction of sp³-hybridized carbons (Fsp3) is 0.444. The molecular formula is C9H11ClN4O4. The van der Waals surface area contributed by atoms with E-state index in [-0.39, 0.29) is 11.1 Å². The fourth-order valence-corrected chi connectivity index (χ4v) is 1.11. The van der Waals surface area contributed by atoms with E-state index in [4.69, 9.17) is 16.3 Å². The van der Waals surface area contributed by atoms with Gasteiger partial charge in [0, 0.05) is 0 Å². The van der Waals surface area contributed by atoms with Crippen molar-refractivity contribution < 1.29 is 14.5 Å². The molecule has 1 aromatic rings. The summed E-state index contributed by atoms with van der Waals surface area (Å²) in [5, 5.41) is 12.6. The zero-order chi connectivity index (χ0) is 13.9. The molecule has 0 saturated heterocycles. The van der Waals surface area contributed by atoms with Crippen LogP contribution >= 0.6 is 11.6 Å². The average Bonchev–Trinajstić information content (AvgIpc) is 2.13. The van der Waals surface area contributed by atoms with E-state index in [1.165, 1.54) is 0 Å². The first kappa shape index (κ1) is 14.1. The molecule has 0 radical (unpaired) electrons. The quantitative estimate of drug-likeness (QED) is 0.504.